The van der Waals surface area contributed by atoms with E-state index >= 15 is 0 Å². The van der Waals surface area contributed by atoms with Crippen LogP contribution >= 0.6 is 0 Å². The van der Waals surface area contributed by atoms with Gasteiger partial charge in [0.25, 0.3) is 0 Å². The summed E-state index contributed by atoms with van der Waals surface area (Å²) in [7, 11) is 4.23. The largest absolute Gasteiger partial charge is 0.319 e. The molecule has 1 atom stereocenters. The second kappa shape index (κ2) is 2.89. The van der Waals surface area contributed by atoms with Gasteiger partial charge in [-0.25, -0.2) is 0 Å². The summed E-state index contributed by atoms with van der Waals surface area (Å²) in [5, 5.41) is 3.24. The van der Waals surface area contributed by atoms with Crippen LogP contribution < -0.4 is 5.32 Å². The smallest absolute Gasteiger partial charge is 0.00449 e. The van der Waals surface area contributed by atoms with Gasteiger partial charge in [0.1, 0.15) is 0 Å². The normalized spacial score (nSPS) is 35.1. The van der Waals surface area contributed by atoms with Gasteiger partial charge in [0, 0.05) is 13.1 Å². The zero-order valence-electron chi connectivity index (χ0n) is 7.28. The molecule has 2 heteroatoms. The van der Waals surface area contributed by atoms with Crippen LogP contribution in [0.3, 0.4) is 0 Å². The summed E-state index contributed by atoms with van der Waals surface area (Å²) in [6.07, 6.45) is 1.34. The van der Waals surface area contributed by atoms with Crippen molar-refractivity contribution in [3.8, 4) is 0 Å². The summed E-state index contributed by atoms with van der Waals surface area (Å²) in [6, 6.07) is 0. The van der Waals surface area contributed by atoms with Crippen molar-refractivity contribution in [2.24, 2.45) is 5.41 Å². The highest BCUT2D eigenvalue weighted by Gasteiger charge is 2.30. The molecular weight excluding hydrogens is 124 g/mol. The highest BCUT2D eigenvalue weighted by molar-refractivity contribution is 4.85. The molecule has 0 bridgehead atoms. The molecule has 60 valence electrons. The Morgan fingerprint density at radius 2 is 2.30 bits per heavy atom. The van der Waals surface area contributed by atoms with Crippen LogP contribution in [0.4, 0.5) is 0 Å². The number of nitrogens with zero attached hydrogens (tertiary/aromatic N) is 1. The van der Waals surface area contributed by atoms with Crippen molar-refractivity contribution in [1.29, 1.82) is 0 Å². The first-order valence-corrected chi connectivity index (χ1v) is 3.99. The van der Waals surface area contributed by atoms with Crippen molar-refractivity contribution in [3.63, 3.8) is 0 Å². The molecule has 10 heavy (non-hydrogen) atoms. The van der Waals surface area contributed by atoms with E-state index in [0.29, 0.717) is 5.41 Å². The molecule has 1 aliphatic heterocycles. The third kappa shape index (κ3) is 1.70. The molecule has 1 heterocycles. The Hall–Kier alpha value is -0.0800. The minimum atomic E-state index is 0.531. The molecule has 0 radical (unpaired) electrons. The maximum absolute atomic E-state index is 3.24. The van der Waals surface area contributed by atoms with E-state index in [9.17, 15) is 0 Å². The van der Waals surface area contributed by atoms with Gasteiger partial charge in [-0.3, -0.25) is 0 Å². The van der Waals surface area contributed by atoms with Gasteiger partial charge < -0.3 is 10.2 Å². The summed E-state index contributed by atoms with van der Waals surface area (Å²) in [4.78, 5) is 2.40. The Kier molecular flexibility index (Phi) is 2.32. The van der Waals surface area contributed by atoms with Crippen LogP contribution in [0, 0.1) is 5.41 Å². The Morgan fingerprint density at radius 3 is 2.70 bits per heavy atom. The number of rotatable bonds is 2. The second-order valence-corrected chi connectivity index (χ2v) is 3.83. The lowest BCUT2D eigenvalue weighted by atomic mass is 9.90. The quantitative estimate of drug-likeness (QED) is 0.605. The Morgan fingerprint density at radius 1 is 1.60 bits per heavy atom. The fourth-order valence-electron chi connectivity index (χ4n) is 1.84. The molecule has 1 saturated heterocycles. The molecule has 0 aliphatic carbocycles. The molecule has 0 saturated carbocycles. The monoisotopic (exact) mass is 142 g/mol. The zero-order valence-corrected chi connectivity index (χ0v) is 7.28. The predicted molar refractivity (Wildman–Crippen MR) is 44.1 cm³/mol. The maximum atomic E-state index is 3.24. The summed E-state index contributed by atoms with van der Waals surface area (Å²) >= 11 is 0. The molecule has 1 rings (SSSR count). The number of nitrogens with one attached hydrogen (secondary N) is 1. The molecule has 0 aromatic heterocycles. The van der Waals surface area contributed by atoms with E-state index < -0.39 is 0 Å². The molecule has 1 fully saturated rings. The molecule has 0 amide bonds. The zero-order chi connectivity index (χ0) is 7.61. The van der Waals surface area contributed by atoms with E-state index in [1.165, 1.54) is 19.5 Å². The van der Waals surface area contributed by atoms with Crippen LogP contribution in [0.2, 0.25) is 0 Å². The predicted octanol–water partition coefficient (Wildman–Crippen LogP) is 0.548. The summed E-state index contributed by atoms with van der Waals surface area (Å²) in [5.41, 5.74) is 0.531. The fraction of sp³-hybridized carbons (Fsp3) is 1.00. The molecule has 2 nitrogen and oxygen atoms in total. The average molecular weight is 142 g/mol. The van der Waals surface area contributed by atoms with Crippen molar-refractivity contribution in [1.82, 2.24) is 10.2 Å². The highest BCUT2D eigenvalue weighted by Crippen LogP contribution is 2.27. The molecule has 1 aliphatic rings. The first kappa shape index (κ1) is 8.02. The van der Waals surface area contributed by atoms with Gasteiger partial charge in [0.05, 0.1) is 0 Å². The molecule has 0 spiro atoms. The standard InChI is InChI=1S/C8H18N2/c1-8(6-9-2)4-5-10(3)7-8/h9H,4-7H2,1-3H3. The van der Waals surface area contributed by atoms with E-state index in [1.54, 1.807) is 0 Å². The lowest BCUT2D eigenvalue weighted by Gasteiger charge is -2.22. The Labute approximate surface area is 63.6 Å². The molecule has 1 unspecified atom stereocenters. The first-order chi connectivity index (χ1) is 4.66. The van der Waals surface area contributed by atoms with Gasteiger partial charge in [0.15, 0.2) is 0 Å². The molecule has 1 N–H and O–H groups in total. The van der Waals surface area contributed by atoms with Crippen LogP contribution in [0.5, 0.6) is 0 Å². The first-order valence-electron chi connectivity index (χ1n) is 3.99. The SMILES string of the molecule is CNCC1(C)CCN(C)C1. The molecular formula is C8H18N2. The van der Waals surface area contributed by atoms with Gasteiger partial charge in [-0.05, 0) is 32.5 Å². The second-order valence-electron chi connectivity index (χ2n) is 3.83. The van der Waals surface area contributed by atoms with Gasteiger partial charge in [-0.15, -0.1) is 0 Å². The third-order valence-electron chi connectivity index (χ3n) is 2.35. The van der Waals surface area contributed by atoms with Crippen LogP contribution in [0.1, 0.15) is 13.3 Å². The Bertz CT molecular complexity index is 110. The molecule has 0 aromatic carbocycles. The lowest BCUT2D eigenvalue weighted by Crippen LogP contribution is -2.31. The minimum Gasteiger partial charge on any atom is -0.319 e. The van der Waals surface area contributed by atoms with Gasteiger partial charge in [-0.1, -0.05) is 6.92 Å². The number of hydrogen-bond acceptors (Lipinski definition) is 2. The van der Waals surface area contributed by atoms with Crippen LogP contribution in [-0.4, -0.2) is 38.6 Å². The van der Waals surface area contributed by atoms with E-state index in [1.807, 2.05) is 7.05 Å². The van der Waals surface area contributed by atoms with Crippen molar-refractivity contribution in [3.05, 3.63) is 0 Å². The maximum Gasteiger partial charge on any atom is 0.00449 e. The fourth-order valence-corrected chi connectivity index (χ4v) is 1.84. The number of hydrogen-bond donors (Lipinski definition) is 1. The van der Waals surface area contributed by atoms with Crippen molar-refractivity contribution >= 4 is 0 Å². The van der Waals surface area contributed by atoms with E-state index in [4.69, 9.17) is 0 Å². The lowest BCUT2D eigenvalue weighted by molar-refractivity contribution is 0.302. The van der Waals surface area contributed by atoms with Crippen LogP contribution in [0.25, 0.3) is 0 Å². The minimum absolute atomic E-state index is 0.531. The van der Waals surface area contributed by atoms with Crippen molar-refractivity contribution in [2.75, 3.05) is 33.7 Å². The van der Waals surface area contributed by atoms with Crippen molar-refractivity contribution in [2.45, 2.75) is 13.3 Å². The molecule has 0 aromatic rings. The van der Waals surface area contributed by atoms with Gasteiger partial charge >= 0.3 is 0 Å². The van der Waals surface area contributed by atoms with E-state index in [0.717, 1.165) is 6.54 Å². The Balaban J connectivity index is 2.38. The van der Waals surface area contributed by atoms with Gasteiger partial charge in [-0.2, -0.15) is 0 Å². The summed E-state index contributed by atoms with van der Waals surface area (Å²) < 4.78 is 0. The van der Waals surface area contributed by atoms with Crippen LogP contribution in [0.15, 0.2) is 0 Å². The summed E-state index contributed by atoms with van der Waals surface area (Å²) in [6.45, 7) is 6.01. The third-order valence-corrected chi connectivity index (χ3v) is 2.35. The summed E-state index contributed by atoms with van der Waals surface area (Å²) in [5.74, 6) is 0. The van der Waals surface area contributed by atoms with Crippen molar-refractivity contribution < 1.29 is 0 Å². The van der Waals surface area contributed by atoms with E-state index in [2.05, 4.69) is 24.2 Å². The van der Waals surface area contributed by atoms with Crippen LogP contribution in [-0.2, 0) is 0 Å². The van der Waals surface area contributed by atoms with Gasteiger partial charge in [0.2, 0.25) is 0 Å². The van der Waals surface area contributed by atoms with E-state index in [-0.39, 0.29) is 0 Å². The topological polar surface area (TPSA) is 15.3 Å². The number of likely N-dealkylation sites (tertiary alicyclic amines) is 1. The average Bonchev–Trinajstić information content (AvgIpc) is 2.12. The highest BCUT2D eigenvalue weighted by atomic mass is 15.1.